The number of likely N-dealkylation sites (tertiary alicyclic amines) is 1. The minimum Gasteiger partial charge on any atom is -0.389 e. The second-order valence-corrected chi connectivity index (χ2v) is 6.36. The van der Waals surface area contributed by atoms with Crippen molar-refractivity contribution >= 4 is 11.8 Å². The van der Waals surface area contributed by atoms with E-state index in [-0.39, 0.29) is 24.3 Å². The molecule has 0 aromatic carbocycles. The second kappa shape index (κ2) is 6.77. The fourth-order valence-electron chi connectivity index (χ4n) is 3.66. The lowest BCUT2D eigenvalue weighted by Gasteiger charge is -2.31. The minimum absolute atomic E-state index is 0.0533. The summed E-state index contributed by atoms with van der Waals surface area (Å²) < 4.78 is 0. The van der Waals surface area contributed by atoms with Crippen LogP contribution in [0.5, 0.6) is 0 Å². The van der Waals surface area contributed by atoms with Crippen molar-refractivity contribution in [2.45, 2.75) is 70.4 Å². The predicted molar refractivity (Wildman–Crippen MR) is 80.7 cm³/mol. The Morgan fingerprint density at radius 1 is 1.19 bits per heavy atom. The van der Waals surface area contributed by atoms with Gasteiger partial charge < -0.3 is 14.9 Å². The smallest absolute Gasteiger partial charge is 0.245 e. The first-order valence-corrected chi connectivity index (χ1v) is 8.31. The van der Waals surface area contributed by atoms with Gasteiger partial charge in [0.15, 0.2) is 0 Å². The van der Waals surface area contributed by atoms with E-state index in [0.717, 1.165) is 25.7 Å². The van der Waals surface area contributed by atoms with Gasteiger partial charge in [0, 0.05) is 19.6 Å². The zero-order chi connectivity index (χ0) is 15.5. The second-order valence-electron chi connectivity index (χ2n) is 6.36. The third kappa shape index (κ3) is 3.57. The Morgan fingerprint density at radius 3 is 2.38 bits per heavy atom. The van der Waals surface area contributed by atoms with Crippen molar-refractivity contribution in [2.75, 3.05) is 19.6 Å². The first kappa shape index (κ1) is 16.3. The molecule has 2 rings (SSSR count). The molecule has 1 saturated carbocycles. The van der Waals surface area contributed by atoms with Gasteiger partial charge in [-0.1, -0.05) is 12.8 Å². The van der Waals surface area contributed by atoms with Crippen molar-refractivity contribution in [2.24, 2.45) is 0 Å². The minimum atomic E-state index is -0.831. The van der Waals surface area contributed by atoms with Crippen LogP contribution >= 0.6 is 0 Å². The molecule has 2 amide bonds. The van der Waals surface area contributed by atoms with E-state index in [2.05, 4.69) is 0 Å². The number of amides is 2. The van der Waals surface area contributed by atoms with Crippen LogP contribution in [-0.4, -0.2) is 58.0 Å². The molecular formula is C16H28N2O3. The van der Waals surface area contributed by atoms with Gasteiger partial charge in [0.2, 0.25) is 11.8 Å². The zero-order valence-corrected chi connectivity index (χ0v) is 13.3. The van der Waals surface area contributed by atoms with Crippen molar-refractivity contribution in [1.82, 2.24) is 9.80 Å². The Balaban J connectivity index is 2.00. The molecule has 1 aliphatic carbocycles. The average Bonchev–Trinajstić information content (AvgIpc) is 3.08. The molecule has 1 atom stereocenters. The van der Waals surface area contributed by atoms with Crippen LogP contribution in [-0.2, 0) is 9.59 Å². The van der Waals surface area contributed by atoms with Crippen LogP contribution in [0, 0.1) is 0 Å². The standard InChI is InChI=1S/C16H28N2O3/c1-3-17(4-2)15(20)13-8-7-11-18(13)14(19)12-16(21)9-5-6-10-16/h13,21H,3-12H2,1-2H3. The molecule has 5 nitrogen and oxygen atoms in total. The maximum Gasteiger partial charge on any atom is 0.245 e. The molecule has 0 bridgehead atoms. The molecule has 0 aromatic rings. The Hall–Kier alpha value is -1.10. The first-order valence-electron chi connectivity index (χ1n) is 8.31. The highest BCUT2D eigenvalue weighted by molar-refractivity contribution is 5.88. The topological polar surface area (TPSA) is 60.9 Å². The Morgan fingerprint density at radius 2 is 1.81 bits per heavy atom. The molecule has 0 radical (unpaired) electrons. The SMILES string of the molecule is CCN(CC)C(=O)C1CCCN1C(=O)CC1(O)CCCC1. The van der Waals surface area contributed by atoms with E-state index in [4.69, 9.17) is 0 Å². The highest BCUT2D eigenvalue weighted by atomic mass is 16.3. The van der Waals surface area contributed by atoms with E-state index in [9.17, 15) is 14.7 Å². The average molecular weight is 296 g/mol. The summed E-state index contributed by atoms with van der Waals surface area (Å²) in [6.45, 7) is 5.93. The van der Waals surface area contributed by atoms with Crippen LogP contribution in [0.1, 0.15) is 58.8 Å². The molecule has 120 valence electrons. The Bertz CT molecular complexity index is 387. The molecule has 1 heterocycles. The summed E-state index contributed by atoms with van der Waals surface area (Å²) in [5, 5.41) is 10.4. The number of carbonyl (C=O) groups is 2. The first-order chi connectivity index (χ1) is 10.0. The van der Waals surface area contributed by atoms with E-state index < -0.39 is 5.60 Å². The summed E-state index contributed by atoms with van der Waals surface area (Å²) in [5.74, 6) is 0.00617. The van der Waals surface area contributed by atoms with Gasteiger partial charge >= 0.3 is 0 Å². The Labute approximate surface area is 127 Å². The number of rotatable bonds is 5. The van der Waals surface area contributed by atoms with E-state index in [1.807, 2.05) is 13.8 Å². The molecule has 2 aliphatic rings. The summed E-state index contributed by atoms with van der Waals surface area (Å²) >= 11 is 0. The van der Waals surface area contributed by atoms with Gasteiger partial charge in [-0.15, -0.1) is 0 Å². The van der Waals surface area contributed by atoms with Crippen molar-refractivity contribution in [3.8, 4) is 0 Å². The quantitative estimate of drug-likeness (QED) is 0.837. The van der Waals surface area contributed by atoms with Crippen LogP contribution < -0.4 is 0 Å². The molecule has 0 spiro atoms. The van der Waals surface area contributed by atoms with Crippen molar-refractivity contribution in [3.05, 3.63) is 0 Å². The molecule has 21 heavy (non-hydrogen) atoms. The van der Waals surface area contributed by atoms with Crippen molar-refractivity contribution in [3.63, 3.8) is 0 Å². The number of likely N-dealkylation sites (N-methyl/N-ethyl adjacent to an activating group) is 1. The van der Waals surface area contributed by atoms with Gasteiger partial charge in [-0.3, -0.25) is 9.59 Å². The number of nitrogens with zero attached hydrogens (tertiary/aromatic N) is 2. The summed E-state index contributed by atoms with van der Waals surface area (Å²) in [5.41, 5.74) is -0.831. The van der Waals surface area contributed by atoms with Gasteiger partial charge in [0.05, 0.1) is 12.0 Å². The van der Waals surface area contributed by atoms with Crippen molar-refractivity contribution in [1.29, 1.82) is 0 Å². The largest absolute Gasteiger partial charge is 0.389 e. The third-order valence-corrected chi connectivity index (χ3v) is 4.95. The summed E-state index contributed by atoms with van der Waals surface area (Å²) in [6, 6.07) is -0.317. The number of aliphatic hydroxyl groups is 1. The third-order valence-electron chi connectivity index (χ3n) is 4.95. The van der Waals surface area contributed by atoms with Crippen LogP contribution in [0.15, 0.2) is 0 Å². The lowest BCUT2D eigenvalue weighted by Crippen LogP contribution is -2.49. The number of hydrogen-bond acceptors (Lipinski definition) is 3. The number of carbonyl (C=O) groups excluding carboxylic acids is 2. The van der Waals surface area contributed by atoms with Crippen LogP contribution in [0.25, 0.3) is 0 Å². The van der Waals surface area contributed by atoms with Gasteiger partial charge in [0.1, 0.15) is 6.04 Å². The fraction of sp³-hybridized carbons (Fsp3) is 0.875. The Kier molecular flexibility index (Phi) is 5.25. The lowest BCUT2D eigenvalue weighted by molar-refractivity contribution is -0.146. The van der Waals surface area contributed by atoms with Crippen LogP contribution in [0.3, 0.4) is 0 Å². The van der Waals surface area contributed by atoms with E-state index in [0.29, 0.717) is 32.5 Å². The molecular weight excluding hydrogens is 268 g/mol. The van der Waals surface area contributed by atoms with Gasteiger partial charge in [-0.25, -0.2) is 0 Å². The van der Waals surface area contributed by atoms with Crippen molar-refractivity contribution < 1.29 is 14.7 Å². The monoisotopic (exact) mass is 296 g/mol. The normalized spacial score (nSPS) is 24.3. The number of hydrogen-bond donors (Lipinski definition) is 1. The highest BCUT2D eigenvalue weighted by Gasteiger charge is 2.40. The van der Waals surface area contributed by atoms with E-state index >= 15 is 0 Å². The maximum atomic E-state index is 12.5. The molecule has 1 unspecified atom stereocenters. The molecule has 2 fully saturated rings. The molecule has 5 heteroatoms. The molecule has 1 saturated heterocycles. The predicted octanol–water partition coefficient (Wildman–Crippen LogP) is 1.54. The maximum absolute atomic E-state index is 12.5. The zero-order valence-electron chi connectivity index (χ0n) is 13.3. The van der Waals surface area contributed by atoms with Gasteiger partial charge in [-0.2, -0.15) is 0 Å². The highest BCUT2D eigenvalue weighted by Crippen LogP contribution is 2.33. The molecule has 1 aliphatic heterocycles. The van der Waals surface area contributed by atoms with Crippen LogP contribution in [0.4, 0.5) is 0 Å². The summed E-state index contributed by atoms with van der Waals surface area (Å²) in [4.78, 5) is 28.5. The van der Waals surface area contributed by atoms with Gasteiger partial charge in [-0.05, 0) is 39.5 Å². The molecule has 0 aromatic heterocycles. The summed E-state index contributed by atoms with van der Waals surface area (Å²) in [6.07, 6.45) is 5.20. The fourth-order valence-corrected chi connectivity index (χ4v) is 3.66. The van der Waals surface area contributed by atoms with E-state index in [1.165, 1.54) is 0 Å². The lowest BCUT2D eigenvalue weighted by atomic mass is 9.97. The molecule has 1 N–H and O–H groups in total. The summed E-state index contributed by atoms with van der Waals surface area (Å²) in [7, 11) is 0. The van der Waals surface area contributed by atoms with Gasteiger partial charge in [0.25, 0.3) is 0 Å². The van der Waals surface area contributed by atoms with Crippen LogP contribution in [0.2, 0.25) is 0 Å². The van der Waals surface area contributed by atoms with E-state index in [1.54, 1.807) is 9.80 Å².